The van der Waals surface area contributed by atoms with Crippen molar-refractivity contribution in [3.05, 3.63) is 29.8 Å². The predicted molar refractivity (Wildman–Crippen MR) is 82.5 cm³/mol. The van der Waals surface area contributed by atoms with Gasteiger partial charge in [0.2, 0.25) is 0 Å². The number of ether oxygens (including phenoxy) is 1. The number of benzene rings is 1. The smallest absolute Gasteiger partial charge is 0.325 e. The molecule has 5 heteroatoms. The van der Waals surface area contributed by atoms with Gasteiger partial charge in [-0.15, -0.1) is 0 Å². The maximum Gasteiger partial charge on any atom is 0.325 e. The molecule has 0 bridgehead atoms. The Hall–Kier alpha value is -2.04. The molecule has 2 fully saturated rings. The van der Waals surface area contributed by atoms with Crippen LogP contribution < -0.4 is 10.1 Å². The zero-order valence-corrected chi connectivity index (χ0v) is 13.1. The second kappa shape index (κ2) is 5.63. The monoisotopic (exact) mass is 302 g/mol. The van der Waals surface area contributed by atoms with Crippen LogP contribution in [0.3, 0.4) is 0 Å². The first-order valence-electron chi connectivity index (χ1n) is 7.90. The number of hydrogen-bond acceptors (Lipinski definition) is 3. The maximum atomic E-state index is 12.6. The van der Waals surface area contributed by atoms with Gasteiger partial charge >= 0.3 is 6.03 Å². The molecule has 1 aromatic carbocycles. The molecule has 1 aliphatic heterocycles. The summed E-state index contributed by atoms with van der Waals surface area (Å²) in [5.74, 6) is 0.681. The Morgan fingerprint density at radius 1 is 1.27 bits per heavy atom. The molecule has 1 saturated heterocycles. The van der Waals surface area contributed by atoms with E-state index in [2.05, 4.69) is 5.32 Å². The van der Waals surface area contributed by atoms with Gasteiger partial charge in [0.25, 0.3) is 5.91 Å². The number of carbonyl (C=O) groups is 2. The van der Waals surface area contributed by atoms with Crippen molar-refractivity contribution in [3.63, 3.8) is 0 Å². The lowest BCUT2D eigenvalue weighted by molar-refractivity contribution is -0.131. The van der Waals surface area contributed by atoms with Crippen LogP contribution in [0.4, 0.5) is 4.79 Å². The Morgan fingerprint density at radius 2 is 2.00 bits per heavy atom. The predicted octanol–water partition coefficient (Wildman–Crippen LogP) is 2.84. The number of nitrogens with one attached hydrogen (secondary N) is 1. The van der Waals surface area contributed by atoms with Crippen molar-refractivity contribution < 1.29 is 14.3 Å². The largest absolute Gasteiger partial charge is 0.491 e. The average Bonchev–Trinajstić information content (AvgIpc) is 3.00. The molecule has 22 heavy (non-hydrogen) atoms. The number of rotatable bonds is 4. The van der Waals surface area contributed by atoms with Crippen LogP contribution in [0, 0.1) is 0 Å². The van der Waals surface area contributed by atoms with Gasteiger partial charge in [-0.3, -0.25) is 9.69 Å². The van der Waals surface area contributed by atoms with Crippen molar-refractivity contribution >= 4 is 11.9 Å². The molecular weight excluding hydrogens is 280 g/mol. The number of imide groups is 1. The number of amides is 3. The van der Waals surface area contributed by atoms with Crippen LogP contribution in [0.1, 0.15) is 45.1 Å². The highest BCUT2D eigenvalue weighted by molar-refractivity contribution is 6.07. The summed E-state index contributed by atoms with van der Waals surface area (Å²) in [7, 11) is 0. The maximum absolute atomic E-state index is 12.6. The lowest BCUT2D eigenvalue weighted by Crippen LogP contribution is -2.44. The minimum Gasteiger partial charge on any atom is -0.491 e. The topological polar surface area (TPSA) is 58.6 Å². The number of urea groups is 1. The van der Waals surface area contributed by atoms with E-state index in [1.807, 2.05) is 38.1 Å². The molecule has 1 aliphatic carbocycles. The fourth-order valence-corrected chi connectivity index (χ4v) is 3.31. The van der Waals surface area contributed by atoms with E-state index in [0.717, 1.165) is 37.0 Å². The summed E-state index contributed by atoms with van der Waals surface area (Å²) in [5.41, 5.74) is 0.264. The summed E-state index contributed by atoms with van der Waals surface area (Å²) in [6.07, 6.45) is 3.60. The highest BCUT2D eigenvalue weighted by Gasteiger charge is 2.52. The molecule has 1 heterocycles. The molecule has 0 unspecified atom stereocenters. The standard InChI is InChI=1S/C17H22N2O3/c1-12(2)22-14-7-5-6-13(10-14)11-19-15(20)17(18-16(19)21)8-3-4-9-17/h5-7,10,12H,3-4,8-9,11H2,1-2H3,(H,18,21). The molecule has 0 radical (unpaired) electrons. The summed E-state index contributed by atoms with van der Waals surface area (Å²) in [4.78, 5) is 26.1. The van der Waals surface area contributed by atoms with Gasteiger partial charge in [-0.1, -0.05) is 25.0 Å². The van der Waals surface area contributed by atoms with Crippen molar-refractivity contribution in [2.75, 3.05) is 0 Å². The van der Waals surface area contributed by atoms with Crippen molar-refractivity contribution in [3.8, 4) is 5.75 Å². The van der Waals surface area contributed by atoms with Crippen LogP contribution in [-0.2, 0) is 11.3 Å². The van der Waals surface area contributed by atoms with Crippen LogP contribution in [0.25, 0.3) is 0 Å². The molecule has 0 atom stereocenters. The molecule has 3 amide bonds. The molecule has 1 saturated carbocycles. The summed E-state index contributed by atoms with van der Waals surface area (Å²) < 4.78 is 5.66. The third-order valence-electron chi connectivity index (χ3n) is 4.31. The lowest BCUT2D eigenvalue weighted by atomic mass is 9.98. The molecular formula is C17H22N2O3. The molecule has 0 aromatic heterocycles. The van der Waals surface area contributed by atoms with Gasteiger partial charge in [0, 0.05) is 0 Å². The first kappa shape index (κ1) is 14.9. The van der Waals surface area contributed by atoms with Crippen LogP contribution in [-0.4, -0.2) is 28.5 Å². The normalized spacial score (nSPS) is 20.0. The Morgan fingerprint density at radius 3 is 2.68 bits per heavy atom. The highest BCUT2D eigenvalue weighted by atomic mass is 16.5. The van der Waals surface area contributed by atoms with E-state index in [4.69, 9.17) is 4.74 Å². The summed E-state index contributed by atoms with van der Waals surface area (Å²) in [5, 5.41) is 2.90. The van der Waals surface area contributed by atoms with E-state index < -0.39 is 5.54 Å². The summed E-state index contributed by atoms with van der Waals surface area (Å²) >= 11 is 0. The van der Waals surface area contributed by atoms with Gasteiger partial charge in [0.15, 0.2) is 0 Å². The molecule has 1 N–H and O–H groups in total. The van der Waals surface area contributed by atoms with Gasteiger partial charge in [0.05, 0.1) is 12.6 Å². The van der Waals surface area contributed by atoms with Gasteiger partial charge in [-0.05, 0) is 44.4 Å². The van der Waals surface area contributed by atoms with Gasteiger partial charge in [-0.25, -0.2) is 4.79 Å². The SMILES string of the molecule is CC(C)Oc1cccc(CN2C(=O)NC3(CCCC3)C2=O)c1. The molecule has 1 spiro atoms. The minimum atomic E-state index is -0.636. The highest BCUT2D eigenvalue weighted by Crippen LogP contribution is 2.35. The molecule has 1 aromatic rings. The van der Waals surface area contributed by atoms with Crippen LogP contribution in [0.2, 0.25) is 0 Å². The fourth-order valence-electron chi connectivity index (χ4n) is 3.31. The summed E-state index contributed by atoms with van der Waals surface area (Å²) in [6.45, 7) is 4.23. The van der Waals surface area contributed by atoms with Crippen LogP contribution in [0.15, 0.2) is 24.3 Å². The lowest BCUT2D eigenvalue weighted by Gasteiger charge is -2.20. The van der Waals surface area contributed by atoms with Crippen molar-refractivity contribution in [2.24, 2.45) is 0 Å². The zero-order chi connectivity index (χ0) is 15.7. The first-order valence-corrected chi connectivity index (χ1v) is 7.90. The third kappa shape index (κ3) is 2.67. The second-order valence-electron chi connectivity index (χ2n) is 6.42. The first-order chi connectivity index (χ1) is 10.5. The third-order valence-corrected chi connectivity index (χ3v) is 4.31. The molecule has 118 valence electrons. The summed E-state index contributed by atoms with van der Waals surface area (Å²) in [6, 6.07) is 7.29. The van der Waals surface area contributed by atoms with E-state index in [1.54, 1.807) is 0 Å². The van der Waals surface area contributed by atoms with Gasteiger partial charge < -0.3 is 10.1 Å². The Labute approximate surface area is 130 Å². The minimum absolute atomic E-state index is 0.0785. The zero-order valence-electron chi connectivity index (χ0n) is 13.1. The Balaban J connectivity index is 1.75. The van der Waals surface area contributed by atoms with Crippen molar-refractivity contribution in [1.29, 1.82) is 0 Å². The average molecular weight is 302 g/mol. The Kier molecular flexibility index (Phi) is 3.81. The quantitative estimate of drug-likeness (QED) is 0.870. The van der Waals surface area contributed by atoms with E-state index in [9.17, 15) is 9.59 Å². The number of carbonyl (C=O) groups excluding carboxylic acids is 2. The second-order valence-corrected chi connectivity index (χ2v) is 6.42. The molecule has 2 aliphatic rings. The fraction of sp³-hybridized carbons (Fsp3) is 0.529. The van der Waals surface area contributed by atoms with E-state index in [1.165, 1.54) is 4.90 Å². The molecule has 3 rings (SSSR count). The van der Waals surface area contributed by atoms with E-state index in [-0.39, 0.29) is 18.0 Å². The van der Waals surface area contributed by atoms with Gasteiger partial charge in [-0.2, -0.15) is 0 Å². The number of nitrogens with zero attached hydrogens (tertiary/aromatic N) is 1. The Bertz CT molecular complexity index is 591. The van der Waals surface area contributed by atoms with E-state index >= 15 is 0 Å². The van der Waals surface area contributed by atoms with Gasteiger partial charge in [0.1, 0.15) is 11.3 Å². The molecule has 5 nitrogen and oxygen atoms in total. The van der Waals surface area contributed by atoms with Crippen molar-refractivity contribution in [2.45, 2.75) is 57.7 Å². The van der Waals surface area contributed by atoms with Crippen LogP contribution >= 0.6 is 0 Å². The van der Waals surface area contributed by atoms with Crippen molar-refractivity contribution in [1.82, 2.24) is 10.2 Å². The van der Waals surface area contributed by atoms with E-state index in [0.29, 0.717) is 6.54 Å². The van der Waals surface area contributed by atoms with Crippen LogP contribution in [0.5, 0.6) is 5.75 Å². The number of hydrogen-bond donors (Lipinski definition) is 1.